The molecule has 0 radical (unpaired) electrons. The first-order chi connectivity index (χ1) is 15.2. The van der Waals surface area contributed by atoms with Crippen molar-refractivity contribution in [3.63, 3.8) is 0 Å². The smallest absolute Gasteiger partial charge is 0.231 e. The number of rotatable bonds is 7. The fourth-order valence-electron chi connectivity index (χ4n) is 3.79. The third kappa shape index (κ3) is 4.04. The monoisotopic (exact) mass is 416 g/mol. The largest absolute Gasteiger partial charge is 0.454 e. The highest BCUT2D eigenvalue weighted by Gasteiger charge is 2.21. The van der Waals surface area contributed by atoms with E-state index in [0.717, 1.165) is 34.0 Å². The highest BCUT2D eigenvalue weighted by molar-refractivity contribution is 5.67. The van der Waals surface area contributed by atoms with Gasteiger partial charge in [0.1, 0.15) is 12.0 Å². The second kappa shape index (κ2) is 8.28. The molecule has 1 aliphatic heterocycles. The standard InChI is InChI=1S/C24H24N4O3/c1-17(21-10-11-31-26-21)27(2)14-20-15-28(13-18-6-4-3-5-7-18)25-24(20)19-8-9-22-23(12-19)30-16-29-22/h3-12,15,17H,13-14,16H2,1-2H3/t17-/m0/s1. The van der Waals surface area contributed by atoms with E-state index in [2.05, 4.69) is 42.4 Å². The molecule has 0 spiro atoms. The van der Waals surface area contributed by atoms with E-state index < -0.39 is 0 Å². The van der Waals surface area contributed by atoms with Crippen LogP contribution in [0.25, 0.3) is 11.3 Å². The first kappa shape index (κ1) is 19.4. The molecule has 3 heterocycles. The third-order valence-electron chi connectivity index (χ3n) is 5.64. The molecular formula is C24H24N4O3. The minimum Gasteiger partial charge on any atom is -0.454 e. The molecule has 0 N–H and O–H groups in total. The van der Waals surface area contributed by atoms with Crippen LogP contribution in [0.5, 0.6) is 11.5 Å². The molecule has 7 nitrogen and oxygen atoms in total. The van der Waals surface area contributed by atoms with Gasteiger partial charge >= 0.3 is 0 Å². The third-order valence-corrected chi connectivity index (χ3v) is 5.64. The molecule has 2 aromatic carbocycles. The second-order valence-electron chi connectivity index (χ2n) is 7.77. The summed E-state index contributed by atoms with van der Waals surface area (Å²) in [5.41, 5.74) is 5.19. The Hall–Kier alpha value is -3.58. The van der Waals surface area contributed by atoms with E-state index in [9.17, 15) is 0 Å². The second-order valence-corrected chi connectivity index (χ2v) is 7.77. The Bertz CT molecular complexity index is 1160. The topological polar surface area (TPSA) is 65.6 Å². The normalized spacial score (nSPS) is 13.6. The number of hydrogen-bond donors (Lipinski definition) is 0. The van der Waals surface area contributed by atoms with Crippen molar-refractivity contribution in [2.75, 3.05) is 13.8 Å². The van der Waals surface area contributed by atoms with Gasteiger partial charge in [0.2, 0.25) is 6.79 Å². The first-order valence-electron chi connectivity index (χ1n) is 10.3. The van der Waals surface area contributed by atoms with Crippen molar-refractivity contribution in [3.05, 3.63) is 83.9 Å². The number of nitrogens with zero attached hydrogens (tertiary/aromatic N) is 4. The lowest BCUT2D eigenvalue weighted by atomic mass is 10.1. The molecule has 1 aliphatic rings. The summed E-state index contributed by atoms with van der Waals surface area (Å²) in [6, 6.07) is 18.3. The van der Waals surface area contributed by atoms with Gasteiger partial charge in [-0.25, -0.2) is 0 Å². The number of fused-ring (bicyclic) bond motifs is 1. The summed E-state index contributed by atoms with van der Waals surface area (Å²) < 4.78 is 18.1. The van der Waals surface area contributed by atoms with Crippen LogP contribution >= 0.6 is 0 Å². The maximum absolute atomic E-state index is 5.59. The highest BCUT2D eigenvalue weighted by atomic mass is 16.7. The van der Waals surface area contributed by atoms with Crippen LogP contribution in [0.4, 0.5) is 0 Å². The molecule has 0 amide bonds. The molecule has 0 bridgehead atoms. The van der Waals surface area contributed by atoms with E-state index in [-0.39, 0.29) is 12.8 Å². The quantitative estimate of drug-likeness (QED) is 0.442. The number of benzene rings is 2. The van der Waals surface area contributed by atoms with Crippen molar-refractivity contribution < 1.29 is 14.0 Å². The Labute approximate surface area is 180 Å². The van der Waals surface area contributed by atoms with Gasteiger partial charge in [-0.15, -0.1) is 0 Å². The Kier molecular flexibility index (Phi) is 5.18. The van der Waals surface area contributed by atoms with Crippen molar-refractivity contribution >= 4 is 0 Å². The van der Waals surface area contributed by atoms with Gasteiger partial charge in [-0.2, -0.15) is 5.10 Å². The van der Waals surface area contributed by atoms with E-state index in [1.165, 1.54) is 5.56 Å². The van der Waals surface area contributed by atoms with Crippen LogP contribution < -0.4 is 9.47 Å². The van der Waals surface area contributed by atoms with Gasteiger partial charge in [0.15, 0.2) is 11.5 Å². The number of ether oxygens (including phenoxy) is 2. The average molecular weight is 416 g/mol. The molecule has 0 aliphatic carbocycles. The first-order valence-corrected chi connectivity index (χ1v) is 10.3. The minimum atomic E-state index is 0.112. The molecule has 0 saturated carbocycles. The minimum absolute atomic E-state index is 0.112. The zero-order valence-corrected chi connectivity index (χ0v) is 17.6. The van der Waals surface area contributed by atoms with Crippen LogP contribution in [0.15, 0.2) is 71.6 Å². The van der Waals surface area contributed by atoms with Crippen LogP contribution in [0, 0.1) is 0 Å². The van der Waals surface area contributed by atoms with Crippen molar-refractivity contribution in [1.82, 2.24) is 19.8 Å². The molecular weight excluding hydrogens is 392 g/mol. The van der Waals surface area contributed by atoms with E-state index in [1.54, 1.807) is 6.26 Å². The Morgan fingerprint density at radius 1 is 1.06 bits per heavy atom. The lowest BCUT2D eigenvalue weighted by Crippen LogP contribution is -2.22. The van der Waals surface area contributed by atoms with Crippen molar-refractivity contribution in [1.29, 1.82) is 0 Å². The summed E-state index contributed by atoms with van der Waals surface area (Å²) in [6.45, 7) is 3.80. The van der Waals surface area contributed by atoms with Gasteiger partial charge in [0.25, 0.3) is 0 Å². The fourth-order valence-corrected chi connectivity index (χ4v) is 3.79. The van der Waals surface area contributed by atoms with Crippen LogP contribution in [0.1, 0.15) is 29.8 Å². The maximum atomic E-state index is 5.59. The van der Waals surface area contributed by atoms with E-state index in [0.29, 0.717) is 13.1 Å². The van der Waals surface area contributed by atoms with Crippen LogP contribution in [0.2, 0.25) is 0 Å². The predicted octanol–water partition coefficient (Wildman–Crippen LogP) is 4.51. The van der Waals surface area contributed by atoms with Gasteiger partial charge in [-0.05, 0) is 37.7 Å². The Balaban J connectivity index is 1.47. The van der Waals surface area contributed by atoms with Crippen LogP contribution in [0.3, 0.4) is 0 Å². The van der Waals surface area contributed by atoms with E-state index in [4.69, 9.17) is 19.1 Å². The Morgan fingerprint density at radius 2 is 1.90 bits per heavy atom. The molecule has 31 heavy (non-hydrogen) atoms. The summed E-state index contributed by atoms with van der Waals surface area (Å²) in [4.78, 5) is 2.23. The van der Waals surface area contributed by atoms with Gasteiger partial charge < -0.3 is 14.0 Å². The van der Waals surface area contributed by atoms with Crippen molar-refractivity contribution in [3.8, 4) is 22.8 Å². The summed E-state index contributed by atoms with van der Waals surface area (Å²) in [5.74, 6) is 1.52. The Morgan fingerprint density at radius 3 is 2.71 bits per heavy atom. The molecule has 158 valence electrons. The summed E-state index contributed by atoms with van der Waals surface area (Å²) in [7, 11) is 2.08. The maximum Gasteiger partial charge on any atom is 0.231 e. The zero-order valence-electron chi connectivity index (χ0n) is 17.6. The highest BCUT2D eigenvalue weighted by Crippen LogP contribution is 2.37. The number of hydrogen-bond acceptors (Lipinski definition) is 6. The van der Waals surface area contributed by atoms with E-state index >= 15 is 0 Å². The fraction of sp³-hybridized carbons (Fsp3) is 0.250. The predicted molar refractivity (Wildman–Crippen MR) is 116 cm³/mol. The van der Waals surface area contributed by atoms with Crippen molar-refractivity contribution in [2.24, 2.45) is 0 Å². The molecule has 0 saturated heterocycles. The van der Waals surface area contributed by atoms with Crippen molar-refractivity contribution in [2.45, 2.75) is 26.1 Å². The van der Waals surface area contributed by atoms with Gasteiger partial charge in [-0.3, -0.25) is 9.58 Å². The molecule has 0 fully saturated rings. The van der Waals surface area contributed by atoms with E-state index in [1.807, 2.05) is 47.1 Å². The molecule has 1 atom stereocenters. The number of aromatic nitrogens is 3. The summed E-state index contributed by atoms with van der Waals surface area (Å²) in [6.07, 6.45) is 3.73. The van der Waals surface area contributed by atoms with Gasteiger partial charge in [0.05, 0.1) is 18.3 Å². The van der Waals surface area contributed by atoms with Crippen LogP contribution in [-0.2, 0) is 13.1 Å². The lowest BCUT2D eigenvalue weighted by Gasteiger charge is -2.22. The SMILES string of the molecule is C[C@@H](c1ccon1)N(C)Cc1cn(Cc2ccccc2)nc1-c1ccc2c(c1)OCO2. The molecule has 7 heteroatoms. The average Bonchev–Trinajstić information content (AvgIpc) is 3.54. The van der Waals surface area contributed by atoms with Gasteiger partial charge in [-0.1, -0.05) is 35.5 Å². The van der Waals surface area contributed by atoms with Crippen LogP contribution in [-0.4, -0.2) is 33.7 Å². The lowest BCUT2D eigenvalue weighted by molar-refractivity contribution is 0.174. The van der Waals surface area contributed by atoms with Gasteiger partial charge in [0, 0.05) is 29.9 Å². The summed E-state index contributed by atoms with van der Waals surface area (Å²) in [5, 5.41) is 9.03. The molecule has 2 aromatic heterocycles. The molecule has 4 aromatic rings. The molecule has 0 unspecified atom stereocenters. The molecule has 5 rings (SSSR count). The zero-order chi connectivity index (χ0) is 21.2. The summed E-state index contributed by atoms with van der Waals surface area (Å²) >= 11 is 0.